The second-order valence-corrected chi connectivity index (χ2v) is 9.32. The minimum Gasteiger partial charge on any atom is -0.467 e. The molecule has 2 aromatic rings. The highest BCUT2D eigenvalue weighted by Crippen LogP contribution is 2.24. The van der Waals surface area contributed by atoms with Crippen LogP contribution in [0, 0.1) is 5.92 Å². The maximum Gasteiger partial charge on any atom is 0.243 e. The van der Waals surface area contributed by atoms with Crippen molar-refractivity contribution in [2.45, 2.75) is 30.7 Å². The van der Waals surface area contributed by atoms with E-state index in [0.717, 1.165) is 12.8 Å². The average Bonchev–Trinajstić information content (AvgIpc) is 3.46. The van der Waals surface area contributed by atoms with Crippen molar-refractivity contribution in [3.05, 3.63) is 48.4 Å². The van der Waals surface area contributed by atoms with E-state index in [-0.39, 0.29) is 23.1 Å². The Kier molecular flexibility index (Phi) is 5.42. The van der Waals surface area contributed by atoms with Crippen LogP contribution in [-0.2, 0) is 26.2 Å². The minimum atomic E-state index is -3.48. The van der Waals surface area contributed by atoms with E-state index >= 15 is 0 Å². The van der Waals surface area contributed by atoms with E-state index in [9.17, 15) is 18.0 Å². The van der Waals surface area contributed by atoms with E-state index < -0.39 is 15.9 Å². The standard InChI is InChI=1S/C20H23N3O5S/c24-19-12-15(13-22(19)14-17-4-3-11-28-17)20(25)21-16-5-7-18(8-6-16)29(26,27)23-9-1-2-10-23/h3-8,11,15H,1-2,9-10,12-14H2,(H,21,25)/t15-/m1/s1. The van der Waals surface area contributed by atoms with E-state index in [1.807, 2.05) is 0 Å². The number of nitrogens with one attached hydrogen (secondary N) is 1. The fourth-order valence-corrected chi connectivity index (χ4v) is 5.24. The quantitative estimate of drug-likeness (QED) is 0.775. The molecular formula is C20H23N3O5S. The highest BCUT2D eigenvalue weighted by atomic mass is 32.2. The van der Waals surface area contributed by atoms with Gasteiger partial charge in [-0.1, -0.05) is 0 Å². The molecule has 0 bridgehead atoms. The largest absolute Gasteiger partial charge is 0.467 e. The Bertz CT molecular complexity index is 980. The number of carbonyl (C=O) groups is 2. The van der Waals surface area contributed by atoms with Crippen LogP contribution < -0.4 is 5.32 Å². The van der Waals surface area contributed by atoms with Gasteiger partial charge in [-0.3, -0.25) is 9.59 Å². The molecule has 9 heteroatoms. The first kappa shape index (κ1) is 19.7. The number of carbonyl (C=O) groups excluding carboxylic acids is 2. The van der Waals surface area contributed by atoms with Gasteiger partial charge in [0.25, 0.3) is 0 Å². The van der Waals surface area contributed by atoms with Crippen LogP contribution in [0.4, 0.5) is 5.69 Å². The molecule has 2 aliphatic heterocycles. The van der Waals surface area contributed by atoms with E-state index in [4.69, 9.17) is 4.42 Å². The van der Waals surface area contributed by atoms with Crippen LogP contribution in [0.3, 0.4) is 0 Å². The van der Waals surface area contributed by atoms with E-state index in [0.29, 0.717) is 37.6 Å². The Morgan fingerprint density at radius 1 is 1.14 bits per heavy atom. The van der Waals surface area contributed by atoms with Crippen molar-refractivity contribution in [1.82, 2.24) is 9.21 Å². The number of amides is 2. The number of benzene rings is 1. The summed E-state index contributed by atoms with van der Waals surface area (Å²) >= 11 is 0. The van der Waals surface area contributed by atoms with Crippen molar-refractivity contribution in [3.8, 4) is 0 Å². The molecule has 2 aliphatic rings. The summed E-state index contributed by atoms with van der Waals surface area (Å²) in [5.74, 6) is -0.122. The zero-order chi connectivity index (χ0) is 20.4. The van der Waals surface area contributed by atoms with Gasteiger partial charge in [0.05, 0.1) is 23.6 Å². The molecule has 0 spiro atoms. The molecule has 2 amide bonds. The number of likely N-dealkylation sites (tertiary alicyclic amines) is 1. The summed E-state index contributed by atoms with van der Waals surface area (Å²) in [6.07, 6.45) is 3.45. The molecular weight excluding hydrogens is 394 g/mol. The molecule has 1 atom stereocenters. The fourth-order valence-electron chi connectivity index (χ4n) is 3.72. The third-order valence-corrected chi connectivity index (χ3v) is 7.25. The Balaban J connectivity index is 1.37. The minimum absolute atomic E-state index is 0.0893. The lowest BCUT2D eigenvalue weighted by atomic mass is 10.1. The summed E-state index contributed by atoms with van der Waals surface area (Å²) in [7, 11) is -3.48. The monoisotopic (exact) mass is 417 g/mol. The zero-order valence-corrected chi connectivity index (χ0v) is 16.7. The predicted molar refractivity (Wildman–Crippen MR) is 105 cm³/mol. The van der Waals surface area contributed by atoms with Gasteiger partial charge in [-0.15, -0.1) is 0 Å². The molecule has 0 radical (unpaired) electrons. The Hall–Kier alpha value is -2.65. The Morgan fingerprint density at radius 3 is 2.52 bits per heavy atom. The Morgan fingerprint density at radius 2 is 1.86 bits per heavy atom. The molecule has 8 nitrogen and oxygen atoms in total. The van der Waals surface area contributed by atoms with Crippen LogP contribution in [0.15, 0.2) is 52.0 Å². The van der Waals surface area contributed by atoms with Crippen LogP contribution in [0.2, 0.25) is 0 Å². The highest BCUT2D eigenvalue weighted by molar-refractivity contribution is 7.89. The molecule has 3 heterocycles. The van der Waals surface area contributed by atoms with Crippen molar-refractivity contribution in [2.24, 2.45) is 5.92 Å². The first-order chi connectivity index (χ1) is 13.9. The molecule has 2 fully saturated rings. The molecule has 1 N–H and O–H groups in total. The van der Waals surface area contributed by atoms with Crippen molar-refractivity contribution in [3.63, 3.8) is 0 Å². The van der Waals surface area contributed by atoms with Crippen LogP contribution >= 0.6 is 0 Å². The smallest absolute Gasteiger partial charge is 0.243 e. The molecule has 4 rings (SSSR count). The molecule has 29 heavy (non-hydrogen) atoms. The summed E-state index contributed by atoms with van der Waals surface area (Å²) in [5.41, 5.74) is 0.507. The lowest BCUT2D eigenvalue weighted by Gasteiger charge is -2.16. The third-order valence-electron chi connectivity index (χ3n) is 5.34. The van der Waals surface area contributed by atoms with Gasteiger partial charge in [0, 0.05) is 31.7 Å². The van der Waals surface area contributed by atoms with Crippen molar-refractivity contribution in [2.75, 3.05) is 25.0 Å². The highest BCUT2D eigenvalue weighted by Gasteiger charge is 2.34. The first-order valence-corrected chi connectivity index (χ1v) is 11.1. The molecule has 0 aliphatic carbocycles. The van der Waals surface area contributed by atoms with Gasteiger partial charge < -0.3 is 14.6 Å². The second-order valence-electron chi connectivity index (χ2n) is 7.38. The number of hydrogen-bond donors (Lipinski definition) is 1. The van der Waals surface area contributed by atoms with Crippen molar-refractivity contribution >= 4 is 27.5 Å². The number of sulfonamides is 1. The van der Waals surface area contributed by atoms with Crippen molar-refractivity contribution < 1.29 is 22.4 Å². The number of rotatable bonds is 6. The van der Waals surface area contributed by atoms with E-state index in [2.05, 4.69) is 5.32 Å². The summed E-state index contributed by atoms with van der Waals surface area (Å²) in [5, 5.41) is 2.78. The maximum atomic E-state index is 12.6. The average molecular weight is 417 g/mol. The number of furan rings is 1. The fraction of sp³-hybridized carbons (Fsp3) is 0.400. The van der Waals surface area contributed by atoms with Gasteiger partial charge in [0.2, 0.25) is 21.8 Å². The summed E-state index contributed by atoms with van der Waals surface area (Å²) in [6, 6.07) is 9.72. The van der Waals surface area contributed by atoms with E-state index in [1.165, 1.54) is 16.4 Å². The summed E-state index contributed by atoms with van der Waals surface area (Å²) in [6.45, 7) is 1.77. The molecule has 1 aromatic carbocycles. The Labute approximate surface area is 169 Å². The lowest BCUT2D eigenvalue weighted by molar-refractivity contribution is -0.128. The number of nitrogens with zero attached hydrogens (tertiary/aromatic N) is 2. The van der Waals surface area contributed by atoms with Gasteiger partial charge in [0.15, 0.2) is 0 Å². The third kappa shape index (κ3) is 4.20. The lowest BCUT2D eigenvalue weighted by Crippen LogP contribution is -2.28. The molecule has 2 saturated heterocycles. The van der Waals surface area contributed by atoms with Crippen LogP contribution in [-0.4, -0.2) is 49.1 Å². The van der Waals surface area contributed by atoms with Gasteiger partial charge in [-0.2, -0.15) is 4.31 Å². The summed E-state index contributed by atoms with van der Waals surface area (Å²) in [4.78, 5) is 26.6. The van der Waals surface area contributed by atoms with Gasteiger partial charge in [-0.25, -0.2) is 8.42 Å². The SMILES string of the molecule is O=C(Nc1ccc(S(=O)(=O)N2CCCC2)cc1)[C@@H]1CC(=O)N(Cc2ccco2)C1. The van der Waals surface area contributed by atoms with Crippen LogP contribution in [0.25, 0.3) is 0 Å². The topological polar surface area (TPSA) is 99.9 Å². The second kappa shape index (κ2) is 8.00. The molecule has 154 valence electrons. The zero-order valence-electron chi connectivity index (χ0n) is 15.9. The van der Waals surface area contributed by atoms with Crippen molar-refractivity contribution in [1.29, 1.82) is 0 Å². The molecule has 0 unspecified atom stereocenters. The number of hydrogen-bond acceptors (Lipinski definition) is 5. The maximum absolute atomic E-state index is 12.6. The molecule has 1 aromatic heterocycles. The normalized spacial score (nSPS) is 20.3. The summed E-state index contributed by atoms with van der Waals surface area (Å²) < 4.78 is 31.9. The van der Waals surface area contributed by atoms with Crippen LogP contribution in [0.1, 0.15) is 25.0 Å². The number of anilines is 1. The van der Waals surface area contributed by atoms with Gasteiger partial charge in [0.1, 0.15) is 5.76 Å². The van der Waals surface area contributed by atoms with Gasteiger partial charge in [-0.05, 0) is 49.2 Å². The first-order valence-electron chi connectivity index (χ1n) is 9.65. The van der Waals surface area contributed by atoms with E-state index in [1.54, 1.807) is 35.4 Å². The van der Waals surface area contributed by atoms with Gasteiger partial charge >= 0.3 is 0 Å². The van der Waals surface area contributed by atoms with Crippen LogP contribution in [0.5, 0.6) is 0 Å². The molecule has 0 saturated carbocycles. The predicted octanol–water partition coefficient (Wildman–Crippen LogP) is 2.05.